The Balaban J connectivity index is 3.12. The molecule has 0 aliphatic carbocycles. The molecular weight excluding hydrogens is 246 g/mol. The minimum atomic E-state index is -2.90. The van der Waals surface area contributed by atoms with Crippen LogP contribution >= 0.6 is 0 Å². The molecule has 5 nitrogen and oxygen atoms in total. The van der Waals surface area contributed by atoms with Crippen molar-refractivity contribution in [3.63, 3.8) is 0 Å². The Morgan fingerprint density at radius 3 is 2.72 bits per heavy atom. The first-order valence-electron chi connectivity index (χ1n) is 5.38. The normalized spacial score (nSPS) is 10.7. The summed E-state index contributed by atoms with van der Waals surface area (Å²) in [7, 11) is 0. The van der Waals surface area contributed by atoms with Crippen LogP contribution in [0.15, 0.2) is 10.9 Å². The fraction of sp³-hybridized carbons (Fsp3) is 0.455. The van der Waals surface area contributed by atoms with E-state index in [0.717, 1.165) is 6.07 Å². The van der Waals surface area contributed by atoms with Crippen molar-refractivity contribution < 1.29 is 18.3 Å². The zero-order chi connectivity index (χ0) is 13.7. The number of hydrogen-bond donors (Lipinski definition) is 2. The van der Waals surface area contributed by atoms with Crippen molar-refractivity contribution in [2.45, 2.75) is 26.3 Å². The molecule has 18 heavy (non-hydrogen) atoms. The summed E-state index contributed by atoms with van der Waals surface area (Å²) in [6.07, 6.45) is -3.10. The molecule has 0 aliphatic heterocycles. The third kappa shape index (κ3) is 3.36. The zero-order valence-corrected chi connectivity index (χ0v) is 9.83. The van der Waals surface area contributed by atoms with E-state index >= 15 is 0 Å². The molecule has 1 heterocycles. The van der Waals surface area contributed by atoms with Crippen molar-refractivity contribution >= 4 is 5.97 Å². The van der Waals surface area contributed by atoms with Crippen LogP contribution in [0.5, 0.6) is 0 Å². The lowest BCUT2D eigenvalue weighted by molar-refractivity contribution is -0.142. The maximum atomic E-state index is 12.6. The Hall–Kier alpha value is -1.76. The SMILES string of the molecule is CCOC(=O)Cc1cc(C(F)F)c(=O)[nH]c1CN. The van der Waals surface area contributed by atoms with Crippen LogP contribution in [0, 0.1) is 0 Å². The summed E-state index contributed by atoms with van der Waals surface area (Å²) in [6, 6.07) is 1.00. The van der Waals surface area contributed by atoms with Gasteiger partial charge < -0.3 is 15.5 Å². The Kier molecular flexibility index (Phi) is 4.96. The van der Waals surface area contributed by atoms with Crippen molar-refractivity contribution in [1.29, 1.82) is 0 Å². The van der Waals surface area contributed by atoms with Crippen LogP contribution in [-0.2, 0) is 22.5 Å². The number of esters is 1. The Bertz CT molecular complexity index is 486. The lowest BCUT2D eigenvalue weighted by Crippen LogP contribution is -2.21. The lowest BCUT2D eigenvalue weighted by atomic mass is 10.1. The van der Waals surface area contributed by atoms with Gasteiger partial charge in [-0.2, -0.15) is 0 Å². The zero-order valence-electron chi connectivity index (χ0n) is 9.83. The number of aromatic amines is 1. The number of aromatic nitrogens is 1. The van der Waals surface area contributed by atoms with Gasteiger partial charge in [0.15, 0.2) is 0 Å². The van der Waals surface area contributed by atoms with E-state index in [1.807, 2.05) is 0 Å². The maximum Gasteiger partial charge on any atom is 0.310 e. The van der Waals surface area contributed by atoms with Gasteiger partial charge in [-0.1, -0.05) is 0 Å². The fourth-order valence-electron chi connectivity index (χ4n) is 1.50. The molecular formula is C11H14F2N2O3. The molecule has 7 heteroatoms. The Morgan fingerprint density at radius 1 is 1.56 bits per heavy atom. The molecule has 3 N–H and O–H groups in total. The van der Waals surface area contributed by atoms with E-state index in [0.29, 0.717) is 0 Å². The monoisotopic (exact) mass is 260 g/mol. The molecule has 100 valence electrons. The number of rotatable bonds is 5. The van der Waals surface area contributed by atoms with Crippen molar-refractivity contribution in [3.05, 3.63) is 33.2 Å². The highest BCUT2D eigenvalue weighted by atomic mass is 19.3. The van der Waals surface area contributed by atoms with E-state index in [1.54, 1.807) is 6.92 Å². The van der Waals surface area contributed by atoms with Crippen molar-refractivity contribution in [1.82, 2.24) is 4.98 Å². The summed E-state index contributed by atoms with van der Waals surface area (Å²) < 4.78 is 29.8. The van der Waals surface area contributed by atoms with Crippen LogP contribution in [0.25, 0.3) is 0 Å². The molecule has 1 rings (SSSR count). The van der Waals surface area contributed by atoms with Gasteiger partial charge >= 0.3 is 5.97 Å². The van der Waals surface area contributed by atoms with E-state index < -0.39 is 23.5 Å². The molecule has 0 unspecified atom stereocenters. The van der Waals surface area contributed by atoms with Gasteiger partial charge in [0.05, 0.1) is 18.6 Å². The van der Waals surface area contributed by atoms with Gasteiger partial charge in [-0.05, 0) is 18.6 Å². The van der Waals surface area contributed by atoms with Crippen LogP contribution in [0.1, 0.15) is 30.2 Å². The topological polar surface area (TPSA) is 85.2 Å². The molecule has 0 radical (unpaired) electrons. The van der Waals surface area contributed by atoms with Gasteiger partial charge in [-0.25, -0.2) is 8.78 Å². The van der Waals surface area contributed by atoms with Gasteiger partial charge in [-0.15, -0.1) is 0 Å². The first kappa shape index (κ1) is 14.3. The Labute approximate surface area is 102 Å². The highest BCUT2D eigenvalue weighted by molar-refractivity contribution is 5.72. The van der Waals surface area contributed by atoms with Gasteiger partial charge in [0.25, 0.3) is 12.0 Å². The molecule has 0 amide bonds. The molecule has 0 aromatic carbocycles. The molecule has 0 bridgehead atoms. The largest absolute Gasteiger partial charge is 0.466 e. The van der Waals surface area contributed by atoms with Crippen molar-refractivity contribution in [3.8, 4) is 0 Å². The van der Waals surface area contributed by atoms with E-state index in [-0.39, 0.29) is 30.8 Å². The lowest BCUT2D eigenvalue weighted by Gasteiger charge is -2.09. The van der Waals surface area contributed by atoms with Crippen LogP contribution in [0.4, 0.5) is 8.78 Å². The molecule has 1 aromatic heterocycles. The number of alkyl halides is 2. The smallest absolute Gasteiger partial charge is 0.310 e. The Morgan fingerprint density at radius 2 is 2.22 bits per heavy atom. The quantitative estimate of drug-likeness (QED) is 0.769. The number of ether oxygens (including phenoxy) is 1. The highest BCUT2D eigenvalue weighted by Gasteiger charge is 2.17. The molecule has 0 atom stereocenters. The first-order chi connectivity index (χ1) is 8.49. The number of halogens is 2. The van der Waals surface area contributed by atoms with Crippen LogP contribution in [-0.4, -0.2) is 17.6 Å². The number of nitrogens with one attached hydrogen (secondary N) is 1. The van der Waals surface area contributed by atoms with E-state index in [9.17, 15) is 18.4 Å². The average molecular weight is 260 g/mol. The maximum absolute atomic E-state index is 12.6. The number of H-pyrrole nitrogens is 1. The standard InChI is InChI=1S/C11H14F2N2O3/c1-2-18-9(16)4-6-3-7(10(12)13)11(17)15-8(6)5-14/h3,10H,2,4-5,14H2,1H3,(H,15,17). The second kappa shape index (κ2) is 6.25. The van der Waals surface area contributed by atoms with Crippen molar-refractivity contribution in [2.75, 3.05) is 6.61 Å². The second-order valence-electron chi connectivity index (χ2n) is 3.54. The minimum Gasteiger partial charge on any atom is -0.466 e. The number of nitrogens with two attached hydrogens (primary N) is 1. The van der Waals surface area contributed by atoms with Crippen LogP contribution in [0.2, 0.25) is 0 Å². The van der Waals surface area contributed by atoms with E-state index in [4.69, 9.17) is 10.5 Å². The molecule has 0 fully saturated rings. The third-order valence-corrected chi connectivity index (χ3v) is 2.32. The van der Waals surface area contributed by atoms with Gasteiger partial charge in [0.2, 0.25) is 0 Å². The molecule has 0 saturated carbocycles. The predicted octanol–water partition coefficient (Wildman–Crippen LogP) is 0.877. The minimum absolute atomic E-state index is 0.0481. The number of carbonyl (C=O) groups is 1. The summed E-state index contributed by atoms with van der Waals surface area (Å²) >= 11 is 0. The fourth-order valence-corrected chi connectivity index (χ4v) is 1.50. The van der Waals surface area contributed by atoms with E-state index in [2.05, 4.69) is 4.98 Å². The van der Waals surface area contributed by atoms with Gasteiger partial charge in [0.1, 0.15) is 0 Å². The highest BCUT2D eigenvalue weighted by Crippen LogP contribution is 2.17. The summed E-state index contributed by atoms with van der Waals surface area (Å²) in [5, 5.41) is 0. The molecule has 0 aliphatic rings. The predicted molar refractivity (Wildman–Crippen MR) is 60.2 cm³/mol. The van der Waals surface area contributed by atoms with Gasteiger partial charge in [0, 0.05) is 12.2 Å². The summed E-state index contributed by atoms with van der Waals surface area (Å²) in [6.45, 7) is 1.79. The molecule has 0 saturated heterocycles. The average Bonchev–Trinajstić information content (AvgIpc) is 2.30. The van der Waals surface area contributed by atoms with Crippen LogP contribution < -0.4 is 11.3 Å². The number of hydrogen-bond acceptors (Lipinski definition) is 4. The van der Waals surface area contributed by atoms with Crippen molar-refractivity contribution in [2.24, 2.45) is 5.73 Å². The second-order valence-corrected chi connectivity index (χ2v) is 3.54. The third-order valence-electron chi connectivity index (χ3n) is 2.32. The summed E-state index contributed by atoms with van der Waals surface area (Å²) in [5.74, 6) is -0.556. The summed E-state index contributed by atoms with van der Waals surface area (Å²) in [4.78, 5) is 24.9. The summed E-state index contributed by atoms with van der Waals surface area (Å²) in [5.41, 5.74) is 4.34. The first-order valence-corrected chi connectivity index (χ1v) is 5.38. The van der Waals surface area contributed by atoms with E-state index in [1.165, 1.54) is 0 Å². The van der Waals surface area contributed by atoms with Crippen LogP contribution in [0.3, 0.4) is 0 Å². The molecule has 0 spiro atoms. The number of pyridine rings is 1. The molecule has 1 aromatic rings. The number of carbonyl (C=O) groups excluding carboxylic acids is 1. The van der Waals surface area contributed by atoms with Gasteiger partial charge in [-0.3, -0.25) is 9.59 Å².